The van der Waals surface area contributed by atoms with Gasteiger partial charge in [0.1, 0.15) is 0 Å². The van der Waals surface area contributed by atoms with Gasteiger partial charge in [-0.25, -0.2) is 9.97 Å². The van der Waals surface area contributed by atoms with Gasteiger partial charge in [0.05, 0.1) is 16.8 Å². The van der Waals surface area contributed by atoms with E-state index in [1.54, 1.807) is 22.7 Å². The molecule has 1 aromatic carbocycles. The third-order valence-electron chi connectivity index (χ3n) is 4.25. The lowest BCUT2D eigenvalue weighted by molar-refractivity contribution is 0.381. The van der Waals surface area contributed by atoms with Crippen LogP contribution < -0.4 is 16.0 Å². The van der Waals surface area contributed by atoms with Crippen molar-refractivity contribution >= 4 is 49.1 Å². The second-order valence-corrected chi connectivity index (χ2v) is 7.85. The van der Waals surface area contributed by atoms with Crippen molar-refractivity contribution in [2.75, 3.05) is 49.5 Å². The second-order valence-electron chi connectivity index (χ2n) is 5.94. The number of aliphatic imine (C=N–C) groups is 1. The molecule has 1 aliphatic rings. The number of hydrogen-bond donors (Lipinski definition) is 2. The van der Waals surface area contributed by atoms with Crippen molar-refractivity contribution in [1.82, 2.24) is 14.9 Å². The summed E-state index contributed by atoms with van der Waals surface area (Å²) in [6.07, 6.45) is 1.85. The van der Waals surface area contributed by atoms with E-state index in [2.05, 4.69) is 36.1 Å². The fourth-order valence-electron chi connectivity index (χ4n) is 2.88. The highest BCUT2D eigenvalue weighted by Gasteiger charge is 2.19. The molecule has 0 atom stereocenters. The van der Waals surface area contributed by atoms with Gasteiger partial charge in [-0.2, -0.15) is 0 Å². The molecule has 3 aromatic rings. The molecular weight excluding hydrogens is 366 g/mol. The Morgan fingerprint density at radius 3 is 2.85 bits per heavy atom. The van der Waals surface area contributed by atoms with Crippen molar-refractivity contribution in [3.05, 3.63) is 35.8 Å². The molecule has 7 nitrogen and oxygen atoms in total. The Hall–Kier alpha value is -2.39. The van der Waals surface area contributed by atoms with Gasteiger partial charge in [-0.1, -0.05) is 23.5 Å². The molecular formula is C17H21N7S2. The molecule has 1 fully saturated rings. The van der Waals surface area contributed by atoms with Crippen LogP contribution in [0.3, 0.4) is 0 Å². The van der Waals surface area contributed by atoms with E-state index in [4.69, 9.17) is 5.73 Å². The van der Waals surface area contributed by atoms with E-state index in [1.165, 1.54) is 4.70 Å². The minimum atomic E-state index is 0.620. The monoisotopic (exact) mass is 387 g/mol. The summed E-state index contributed by atoms with van der Waals surface area (Å²) in [7, 11) is 0. The molecule has 0 bridgehead atoms. The Morgan fingerprint density at radius 2 is 2.08 bits per heavy atom. The molecule has 0 saturated carbocycles. The average molecular weight is 388 g/mol. The molecule has 0 unspecified atom stereocenters. The van der Waals surface area contributed by atoms with Crippen LogP contribution in [0, 0.1) is 0 Å². The zero-order valence-corrected chi connectivity index (χ0v) is 16.0. The number of nitrogens with two attached hydrogens (primary N) is 1. The first-order chi connectivity index (χ1) is 12.8. The van der Waals surface area contributed by atoms with Crippen molar-refractivity contribution in [1.29, 1.82) is 0 Å². The summed E-state index contributed by atoms with van der Waals surface area (Å²) in [6.45, 7) is 4.95. The van der Waals surface area contributed by atoms with Gasteiger partial charge in [0.15, 0.2) is 16.2 Å². The molecule has 26 heavy (non-hydrogen) atoms. The van der Waals surface area contributed by atoms with Crippen LogP contribution in [0.1, 0.15) is 0 Å². The van der Waals surface area contributed by atoms with Gasteiger partial charge in [-0.05, 0) is 12.1 Å². The van der Waals surface area contributed by atoms with E-state index in [1.807, 2.05) is 29.8 Å². The Bertz CT molecular complexity index is 833. The highest BCUT2D eigenvalue weighted by atomic mass is 32.1. The first-order valence-corrected chi connectivity index (χ1v) is 10.3. The van der Waals surface area contributed by atoms with Gasteiger partial charge < -0.3 is 20.9 Å². The number of para-hydroxylation sites is 1. The lowest BCUT2D eigenvalue weighted by Gasteiger charge is -2.35. The number of anilines is 2. The number of benzene rings is 1. The van der Waals surface area contributed by atoms with Crippen LogP contribution in [0.2, 0.25) is 0 Å². The summed E-state index contributed by atoms with van der Waals surface area (Å²) in [5.41, 5.74) is 7.19. The Morgan fingerprint density at radius 1 is 1.23 bits per heavy atom. The van der Waals surface area contributed by atoms with Gasteiger partial charge in [-0.3, -0.25) is 4.99 Å². The van der Waals surface area contributed by atoms with Crippen molar-refractivity contribution in [2.24, 2.45) is 10.7 Å². The van der Waals surface area contributed by atoms with E-state index in [0.29, 0.717) is 12.5 Å². The van der Waals surface area contributed by atoms with Gasteiger partial charge >= 0.3 is 0 Å². The molecule has 1 aliphatic heterocycles. The molecule has 9 heteroatoms. The van der Waals surface area contributed by atoms with Gasteiger partial charge in [0, 0.05) is 44.3 Å². The Balaban J connectivity index is 1.23. The number of thiazole rings is 2. The molecule has 3 heterocycles. The van der Waals surface area contributed by atoms with E-state index in [0.717, 1.165) is 48.5 Å². The van der Waals surface area contributed by atoms with E-state index in [-0.39, 0.29) is 0 Å². The molecule has 4 rings (SSSR count). The molecule has 136 valence electrons. The number of nitrogens with one attached hydrogen (secondary N) is 1. The van der Waals surface area contributed by atoms with Crippen LogP contribution in [0.25, 0.3) is 10.2 Å². The minimum absolute atomic E-state index is 0.620. The minimum Gasteiger partial charge on any atom is -0.370 e. The number of aromatic nitrogens is 2. The number of nitrogens with zero attached hydrogens (tertiary/aromatic N) is 5. The maximum atomic E-state index is 6.16. The van der Waals surface area contributed by atoms with Crippen molar-refractivity contribution in [3.8, 4) is 0 Å². The molecule has 3 N–H and O–H groups in total. The summed E-state index contributed by atoms with van der Waals surface area (Å²) in [4.78, 5) is 17.9. The molecule has 0 aliphatic carbocycles. The summed E-state index contributed by atoms with van der Waals surface area (Å²) < 4.78 is 1.19. The van der Waals surface area contributed by atoms with Crippen LogP contribution in [0.5, 0.6) is 0 Å². The third-order valence-corrected chi connectivity index (χ3v) is 6.08. The Labute approximate surface area is 160 Å². The fraction of sp³-hybridized carbons (Fsp3) is 0.353. The van der Waals surface area contributed by atoms with Crippen molar-refractivity contribution in [2.45, 2.75) is 0 Å². The quantitative estimate of drug-likeness (QED) is 0.397. The van der Waals surface area contributed by atoms with E-state index >= 15 is 0 Å². The Kier molecular flexibility index (Phi) is 5.16. The lowest BCUT2D eigenvalue weighted by Crippen LogP contribution is -2.51. The lowest BCUT2D eigenvalue weighted by atomic mass is 10.3. The van der Waals surface area contributed by atoms with Crippen LogP contribution in [0.15, 0.2) is 40.8 Å². The standard InChI is InChI=1S/C17H21N7S2/c18-15(23-8-10-24(11-9-23)17-21-7-12-25-17)19-5-6-20-16-22-13-3-1-2-4-14(13)26-16/h1-4,7,12H,5-6,8-11H2,(H2,18,19)(H,20,22). The molecule has 0 radical (unpaired) electrons. The van der Waals surface area contributed by atoms with Crippen LogP contribution >= 0.6 is 22.7 Å². The third kappa shape index (κ3) is 3.88. The van der Waals surface area contributed by atoms with E-state index in [9.17, 15) is 0 Å². The average Bonchev–Trinajstić information content (AvgIpc) is 3.34. The van der Waals surface area contributed by atoms with Crippen molar-refractivity contribution < 1.29 is 0 Å². The first kappa shape index (κ1) is 17.0. The van der Waals surface area contributed by atoms with Gasteiger partial charge in [0.2, 0.25) is 0 Å². The second kappa shape index (κ2) is 7.88. The number of fused-ring (bicyclic) bond motifs is 1. The normalized spacial score (nSPS) is 15.6. The van der Waals surface area contributed by atoms with Gasteiger partial charge in [-0.15, -0.1) is 11.3 Å². The van der Waals surface area contributed by atoms with Crippen LogP contribution in [-0.2, 0) is 0 Å². The zero-order chi connectivity index (χ0) is 17.8. The van der Waals surface area contributed by atoms with E-state index < -0.39 is 0 Å². The number of guanidine groups is 1. The maximum absolute atomic E-state index is 6.16. The molecule has 0 spiro atoms. The molecule has 1 saturated heterocycles. The van der Waals surface area contributed by atoms with Gasteiger partial charge in [0.25, 0.3) is 0 Å². The SMILES string of the molecule is NC(=NCCNc1nc2ccccc2s1)N1CCN(c2nccs2)CC1. The molecule has 0 amide bonds. The number of rotatable bonds is 5. The summed E-state index contributed by atoms with van der Waals surface area (Å²) in [5.74, 6) is 0.620. The smallest absolute Gasteiger partial charge is 0.191 e. The summed E-state index contributed by atoms with van der Waals surface area (Å²) >= 11 is 3.34. The molecule has 2 aromatic heterocycles. The largest absolute Gasteiger partial charge is 0.370 e. The highest BCUT2D eigenvalue weighted by molar-refractivity contribution is 7.22. The van der Waals surface area contributed by atoms with Crippen molar-refractivity contribution in [3.63, 3.8) is 0 Å². The maximum Gasteiger partial charge on any atom is 0.191 e. The number of piperazine rings is 1. The predicted octanol–water partition coefficient (Wildman–Crippen LogP) is 2.30. The highest BCUT2D eigenvalue weighted by Crippen LogP contribution is 2.25. The van der Waals surface area contributed by atoms with Crippen LogP contribution in [-0.4, -0.2) is 60.1 Å². The summed E-state index contributed by atoms with van der Waals surface area (Å²) in [6, 6.07) is 8.15. The zero-order valence-electron chi connectivity index (χ0n) is 14.3. The first-order valence-electron chi connectivity index (χ1n) is 8.58. The fourth-order valence-corrected chi connectivity index (χ4v) is 4.47. The number of hydrogen-bond acceptors (Lipinski definition) is 7. The summed E-state index contributed by atoms with van der Waals surface area (Å²) in [5, 5.41) is 7.35. The van der Waals surface area contributed by atoms with Crippen LogP contribution in [0.4, 0.5) is 10.3 Å². The predicted molar refractivity (Wildman–Crippen MR) is 110 cm³/mol. The topological polar surface area (TPSA) is 82.7 Å².